The maximum Gasteiger partial charge on any atom is 0.0101 e. The van der Waals surface area contributed by atoms with Gasteiger partial charge in [-0.3, -0.25) is 0 Å². The van der Waals surface area contributed by atoms with E-state index in [1.165, 1.54) is 38.5 Å². The molecule has 1 nitrogen and oxygen atoms in total. The van der Waals surface area contributed by atoms with Gasteiger partial charge in [-0.25, -0.2) is 0 Å². The van der Waals surface area contributed by atoms with Crippen LogP contribution in [0.4, 0.5) is 0 Å². The van der Waals surface area contributed by atoms with Crippen LogP contribution in [0.1, 0.15) is 52.4 Å². The molecule has 0 amide bonds. The van der Waals surface area contributed by atoms with Gasteiger partial charge in [-0.1, -0.05) is 13.8 Å². The van der Waals surface area contributed by atoms with Gasteiger partial charge in [0.05, 0.1) is 0 Å². The first kappa shape index (κ1) is 9.21. The van der Waals surface area contributed by atoms with Gasteiger partial charge in [-0.15, -0.1) is 0 Å². The number of fused-ring (bicyclic) bond motifs is 1. The van der Waals surface area contributed by atoms with Crippen LogP contribution in [0, 0.1) is 17.3 Å². The minimum absolute atomic E-state index is 0.610. The fraction of sp³-hybridized carbons (Fsp3) is 1.00. The van der Waals surface area contributed by atoms with Gasteiger partial charge < -0.3 is 5.32 Å². The predicted molar refractivity (Wildman–Crippen MR) is 59.2 cm³/mol. The van der Waals surface area contributed by atoms with Crippen LogP contribution in [-0.2, 0) is 0 Å². The maximum atomic E-state index is 3.92. The largest absolute Gasteiger partial charge is 0.311 e. The topological polar surface area (TPSA) is 12.0 Å². The molecule has 0 saturated heterocycles. The van der Waals surface area contributed by atoms with Crippen molar-refractivity contribution in [2.24, 2.45) is 17.3 Å². The van der Waals surface area contributed by atoms with E-state index in [-0.39, 0.29) is 0 Å². The highest BCUT2D eigenvalue weighted by molar-refractivity contribution is 5.03. The lowest BCUT2D eigenvalue weighted by molar-refractivity contribution is 0.344. The summed E-state index contributed by atoms with van der Waals surface area (Å²) in [7, 11) is 0. The lowest BCUT2D eigenvalue weighted by atomic mass is 9.91. The van der Waals surface area contributed by atoms with E-state index in [0.717, 1.165) is 23.9 Å². The van der Waals surface area contributed by atoms with Gasteiger partial charge in [0.25, 0.3) is 0 Å². The van der Waals surface area contributed by atoms with Gasteiger partial charge in [-0.05, 0) is 55.8 Å². The van der Waals surface area contributed by atoms with E-state index in [9.17, 15) is 0 Å². The first-order chi connectivity index (χ1) is 6.64. The normalized spacial score (nSPS) is 49.3. The summed E-state index contributed by atoms with van der Waals surface area (Å²) in [5.41, 5.74) is 0.610. The van der Waals surface area contributed by atoms with Crippen LogP contribution < -0.4 is 5.32 Å². The maximum absolute atomic E-state index is 3.92. The van der Waals surface area contributed by atoms with E-state index >= 15 is 0 Å². The van der Waals surface area contributed by atoms with Gasteiger partial charge in [-0.2, -0.15) is 0 Å². The molecular formula is C13H23N. The molecule has 3 aliphatic rings. The van der Waals surface area contributed by atoms with Crippen LogP contribution in [0.25, 0.3) is 0 Å². The van der Waals surface area contributed by atoms with Crippen molar-refractivity contribution in [1.82, 2.24) is 5.32 Å². The standard InChI is InChI=1S/C13H23N/c1-13(2)6-5-10(8-13)14-12-4-3-9-7-11(9)12/h9-12,14H,3-8H2,1-2H3. The number of hydrogen-bond donors (Lipinski definition) is 1. The molecule has 0 aromatic rings. The van der Waals surface area contributed by atoms with Crippen molar-refractivity contribution in [3.05, 3.63) is 0 Å². The molecule has 0 spiro atoms. The molecule has 3 fully saturated rings. The highest BCUT2D eigenvalue weighted by atomic mass is 15.0. The molecule has 80 valence electrons. The second-order valence-corrected chi connectivity index (χ2v) is 6.61. The van der Waals surface area contributed by atoms with Crippen LogP contribution in [0.2, 0.25) is 0 Å². The summed E-state index contributed by atoms with van der Waals surface area (Å²) < 4.78 is 0. The number of rotatable bonds is 2. The Morgan fingerprint density at radius 1 is 1.14 bits per heavy atom. The smallest absolute Gasteiger partial charge is 0.0101 e. The summed E-state index contributed by atoms with van der Waals surface area (Å²) >= 11 is 0. The minimum atomic E-state index is 0.610. The second kappa shape index (κ2) is 2.98. The van der Waals surface area contributed by atoms with E-state index in [0.29, 0.717) is 5.41 Å². The minimum Gasteiger partial charge on any atom is -0.311 e. The van der Waals surface area contributed by atoms with Gasteiger partial charge in [0.2, 0.25) is 0 Å². The summed E-state index contributed by atoms with van der Waals surface area (Å²) in [5.74, 6) is 2.21. The van der Waals surface area contributed by atoms with Gasteiger partial charge in [0, 0.05) is 12.1 Å². The molecule has 1 heteroatoms. The Balaban J connectivity index is 1.53. The van der Waals surface area contributed by atoms with Gasteiger partial charge in [0.1, 0.15) is 0 Å². The van der Waals surface area contributed by atoms with E-state index in [4.69, 9.17) is 0 Å². The summed E-state index contributed by atoms with van der Waals surface area (Å²) in [6, 6.07) is 1.74. The molecule has 0 aromatic heterocycles. The quantitative estimate of drug-likeness (QED) is 0.711. The van der Waals surface area contributed by atoms with Crippen molar-refractivity contribution in [3.63, 3.8) is 0 Å². The SMILES string of the molecule is CC1(C)CCC(NC2CCC3CC32)C1. The average molecular weight is 193 g/mol. The molecule has 4 unspecified atom stereocenters. The Morgan fingerprint density at radius 2 is 2.00 bits per heavy atom. The van der Waals surface area contributed by atoms with Crippen molar-refractivity contribution in [2.75, 3.05) is 0 Å². The first-order valence-electron chi connectivity index (χ1n) is 6.40. The van der Waals surface area contributed by atoms with E-state index < -0.39 is 0 Å². The monoisotopic (exact) mass is 193 g/mol. The third kappa shape index (κ3) is 1.60. The number of nitrogens with one attached hydrogen (secondary N) is 1. The second-order valence-electron chi connectivity index (χ2n) is 6.61. The zero-order valence-electron chi connectivity index (χ0n) is 9.55. The fourth-order valence-corrected chi connectivity index (χ4v) is 3.79. The van der Waals surface area contributed by atoms with Crippen molar-refractivity contribution < 1.29 is 0 Å². The highest BCUT2D eigenvalue weighted by Crippen LogP contribution is 2.52. The zero-order valence-corrected chi connectivity index (χ0v) is 9.55. The van der Waals surface area contributed by atoms with Crippen molar-refractivity contribution in [3.8, 4) is 0 Å². The fourth-order valence-electron chi connectivity index (χ4n) is 3.79. The molecule has 3 aliphatic carbocycles. The summed E-state index contributed by atoms with van der Waals surface area (Å²) in [4.78, 5) is 0. The van der Waals surface area contributed by atoms with Crippen molar-refractivity contribution in [1.29, 1.82) is 0 Å². The molecule has 14 heavy (non-hydrogen) atoms. The summed E-state index contributed by atoms with van der Waals surface area (Å²) in [6.07, 6.45) is 8.76. The molecule has 0 radical (unpaired) electrons. The van der Waals surface area contributed by atoms with E-state index in [1.807, 2.05) is 0 Å². The van der Waals surface area contributed by atoms with Gasteiger partial charge >= 0.3 is 0 Å². The molecule has 0 aliphatic heterocycles. The molecular weight excluding hydrogens is 170 g/mol. The Hall–Kier alpha value is -0.0400. The third-order valence-corrected chi connectivity index (χ3v) is 4.76. The summed E-state index contributed by atoms with van der Waals surface area (Å²) in [5, 5.41) is 3.92. The van der Waals surface area contributed by atoms with Crippen LogP contribution in [-0.4, -0.2) is 12.1 Å². The average Bonchev–Trinajstić information content (AvgIpc) is 2.68. The Kier molecular flexibility index (Phi) is 1.96. The zero-order chi connectivity index (χ0) is 9.76. The van der Waals surface area contributed by atoms with Crippen LogP contribution in [0.3, 0.4) is 0 Å². The predicted octanol–water partition coefficient (Wildman–Crippen LogP) is 2.95. The summed E-state index contributed by atoms with van der Waals surface area (Å²) in [6.45, 7) is 4.84. The van der Waals surface area contributed by atoms with Crippen LogP contribution in [0.15, 0.2) is 0 Å². The number of hydrogen-bond acceptors (Lipinski definition) is 1. The first-order valence-corrected chi connectivity index (χ1v) is 6.40. The molecule has 1 N–H and O–H groups in total. The van der Waals surface area contributed by atoms with Crippen molar-refractivity contribution >= 4 is 0 Å². The van der Waals surface area contributed by atoms with E-state index in [2.05, 4.69) is 19.2 Å². The Bertz CT molecular complexity index is 233. The van der Waals surface area contributed by atoms with Gasteiger partial charge in [0.15, 0.2) is 0 Å². The third-order valence-electron chi connectivity index (χ3n) is 4.76. The highest BCUT2D eigenvalue weighted by Gasteiger charge is 2.48. The molecule has 0 aromatic carbocycles. The lowest BCUT2D eigenvalue weighted by Gasteiger charge is -2.22. The Morgan fingerprint density at radius 3 is 2.50 bits per heavy atom. The van der Waals surface area contributed by atoms with Crippen LogP contribution >= 0.6 is 0 Å². The Labute approximate surface area is 87.7 Å². The molecule has 4 atom stereocenters. The molecule has 0 heterocycles. The lowest BCUT2D eigenvalue weighted by Crippen LogP contribution is -2.37. The van der Waals surface area contributed by atoms with Crippen LogP contribution in [0.5, 0.6) is 0 Å². The molecule has 3 rings (SSSR count). The molecule has 0 bridgehead atoms. The molecule has 3 saturated carbocycles. The van der Waals surface area contributed by atoms with E-state index in [1.54, 1.807) is 0 Å². The van der Waals surface area contributed by atoms with Crippen molar-refractivity contribution in [2.45, 2.75) is 64.5 Å².